The number of hydrogen-bond acceptors (Lipinski definition) is 4. The molecule has 0 spiro atoms. The first-order chi connectivity index (χ1) is 9.27. The van der Waals surface area contributed by atoms with E-state index in [1.165, 1.54) is 12.1 Å². The lowest BCUT2D eigenvalue weighted by atomic mass is 10.2. The van der Waals surface area contributed by atoms with Crippen LogP contribution in [-0.4, -0.2) is 37.5 Å². The summed E-state index contributed by atoms with van der Waals surface area (Å²) in [7, 11) is -3.72. The summed E-state index contributed by atoms with van der Waals surface area (Å²) in [6.45, 7) is 2.30. The van der Waals surface area contributed by atoms with E-state index in [1.807, 2.05) is 13.2 Å². The van der Waals surface area contributed by atoms with Gasteiger partial charge in [-0.25, -0.2) is 17.9 Å². The first-order valence-electron chi connectivity index (χ1n) is 5.83. The summed E-state index contributed by atoms with van der Waals surface area (Å²) in [5.74, 6) is -1.26. The molecule has 5 nitrogen and oxygen atoms in total. The number of halogens is 1. The van der Waals surface area contributed by atoms with Gasteiger partial charge in [-0.05, 0) is 30.9 Å². The van der Waals surface area contributed by atoms with Crippen molar-refractivity contribution in [1.82, 2.24) is 4.72 Å². The average Bonchev–Trinajstić information content (AvgIpc) is 2.38. The summed E-state index contributed by atoms with van der Waals surface area (Å²) >= 11 is 7.36. The second-order valence-electron chi connectivity index (χ2n) is 4.18. The fraction of sp³-hybridized carbons (Fsp3) is 0.417. The van der Waals surface area contributed by atoms with Crippen molar-refractivity contribution in [2.45, 2.75) is 23.5 Å². The third kappa shape index (κ3) is 4.66. The summed E-state index contributed by atoms with van der Waals surface area (Å²) < 4.78 is 26.5. The van der Waals surface area contributed by atoms with Gasteiger partial charge in [0.05, 0.1) is 15.5 Å². The Morgan fingerprint density at radius 2 is 2.15 bits per heavy atom. The molecule has 8 heteroatoms. The molecule has 0 saturated heterocycles. The Balaban J connectivity index is 2.88. The van der Waals surface area contributed by atoms with Crippen molar-refractivity contribution >= 4 is 39.4 Å². The Kier molecular flexibility index (Phi) is 6.32. The predicted molar refractivity (Wildman–Crippen MR) is 81.2 cm³/mol. The van der Waals surface area contributed by atoms with Gasteiger partial charge in [0, 0.05) is 11.8 Å². The Bertz CT molecular complexity index is 589. The van der Waals surface area contributed by atoms with Crippen LogP contribution in [0.4, 0.5) is 0 Å². The van der Waals surface area contributed by atoms with Crippen LogP contribution in [0.3, 0.4) is 0 Å². The monoisotopic (exact) mass is 337 g/mol. The number of carbonyl (C=O) groups is 1. The number of carboxylic acid groups (broad SMARTS) is 1. The minimum absolute atomic E-state index is 0.00690. The number of nitrogens with one attached hydrogen (secondary N) is 1. The quantitative estimate of drug-likeness (QED) is 0.798. The van der Waals surface area contributed by atoms with E-state index < -0.39 is 16.0 Å². The molecule has 1 rings (SSSR count). The maximum absolute atomic E-state index is 12.0. The van der Waals surface area contributed by atoms with Gasteiger partial charge >= 0.3 is 5.97 Å². The molecule has 1 atom stereocenters. The van der Waals surface area contributed by atoms with Gasteiger partial charge in [0.1, 0.15) is 0 Å². The summed E-state index contributed by atoms with van der Waals surface area (Å²) in [4.78, 5) is 10.8. The highest BCUT2D eigenvalue weighted by Gasteiger charge is 2.18. The van der Waals surface area contributed by atoms with E-state index in [0.717, 1.165) is 6.07 Å². The number of hydrogen-bond donors (Lipinski definition) is 2. The molecule has 1 unspecified atom stereocenters. The minimum Gasteiger partial charge on any atom is -0.478 e. The topological polar surface area (TPSA) is 83.5 Å². The first kappa shape index (κ1) is 17.3. The highest BCUT2D eigenvalue weighted by molar-refractivity contribution is 7.99. The standard InChI is InChI=1S/C12H16ClNO4S2/c1-8(19-2)5-6-14-20(17,18)9-3-4-11(13)10(7-9)12(15)16/h3-4,7-8,14H,5-6H2,1-2H3,(H,15,16). The van der Waals surface area contributed by atoms with Crippen LogP contribution in [0.25, 0.3) is 0 Å². The predicted octanol–water partition coefficient (Wildman–Crippen LogP) is 2.46. The van der Waals surface area contributed by atoms with Crippen LogP contribution in [0, 0.1) is 0 Å². The van der Waals surface area contributed by atoms with Gasteiger partial charge in [0.25, 0.3) is 0 Å². The third-order valence-corrected chi connectivity index (χ3v) is 5.55. The van der Waals surface area contributed by atoms with E-state index >= 15 is 0 Å². The molecule has 0 heterocycles. The van der Waals surface area contributed by atoms with Crippen molar-refractivity contribution in [2.75, 3.05) is 12.8 Å². The molecule has 0 saturated carbocycles. The Labute approximate surface area is 127 Å². The molecule has 0 aromatic heterocycles. The number of carboxylic acids is 1. The fourth-order valence-electron chi connectivity index (χ4n) is 1.43. The third-order valence-electron chi connectivity index (χ3n) is 2.72. The highest BCUT2D eigenvalue weighted by atomic mass is 35.5. The fourth-order valence-corrected chi connectivity index (χ4v) is 3.06. The Hall–Kier alpha value is -0.760. The lowest BCUT2D eigenvalue weighted by molar-refractivity contribution is 0.0697. The highest BCUT2D eigenvalue weighted by Crippen LogP contribution is 2.20. The number of sulfonamides is 1. The molecule has 0 aliphatic heterocycles. The first-order valence-corrected chi connectivity index (χ1v) is 8.98. The number of rotatable bonds is 7. The van der Waals surface area contributed by atoms with Crippen molar-refractivity contribution in [2.24, 2.45) is 0 Å². The van der Waals surface area contributed by atoms with E-state index in [-0.39, 0.29) is 15.5 Å². The van der Waals surface area contributed by atoms with E-state index in [1.54, 1.807) is 11.8 Å². The SMILES string of the molecule is CSC(C)CCNS(=O)(=O)c1ccc(Cl)c(C(=O)O)c1. The molecule has 0 amide bonds. The molecule has 0 aliphatic rings. The Morgan fingerprint density at radius 1 is 1.50 bits per heavy atom. The van der Waals surface area contributed by atoms with Crippen molar-refractivity contribution < 1.29 is 18.3 Å². The normalized spacial score (nSPS) is 13.2. The maximum atomic E-state index is 12.0. The zero-order chi connectivity index (χ0) is 15.3. The largest absolute Gasteiger partial charge is 0.478 e. The lowest BCUT2D eigenvalue weighted by Gasteiger charge is -2.10. The average molecular weight is 338 g/mol. The van der Waals surface area contributed by atoms with Crippen molar-refractivity contribution in [3.8, 4) is 0 Å². The zero-order valence-corrected chi connectivity index (χ0v) is 13.5. The van der Waals surface area contributed by atoms with E-state index in [9.17, 15) is 13.2 Å². The molecule has 2 N–H and O–H groups in total. The summed E-state index contributed by atoms with van der Waals surface area (Å²) in [6, 6.07) is 3.62. The van der Waals surface area contributed by atoms with Gasteiger partial charge in [-0.3, -0.25) is 0 Å². The van der Waals surface area contributed by atoms with E-state index in [2.05, 4.69) is 4.72 Å². The summed E-state index contributed by atoms with van der Waals surface area (Å²) in [6.07, 6.45) is 2.65. The smallest absolute Gasteiger partial charge is 0.337 e. The molecule has 20 heavy (non-hydrogen) atoms. The summed E-state index contributed by atoms with van der Waals surface area (Å²) in [5, 5.41) is 9.29. The van der Waals surface area contributed by atoms with Crippen LogP contribution < -0.4 is 4.72 Å². The van der Waals surface area contributed by atoms with Gasteiger partial charge in [0.2, 0.25) is 10.0 Å². The van der Waals surface area contributed by atoms with Crippen LogP contribution in [-0.2, 0) is 10.0 Å². The molecule has 0 bridgehead atoms. The van der Waals surface area contributed by atoms with E-state index in [4.69, 9.17) is 16.7 Å². The van der Waals surface area contributed by atoms with Crippen LogP contribution in [0.2, 0.25) is 5.02 Å². The Morgan fingerprint density at radius 3 is 2.70 bits per heavy atom. The van der Waals surface area contributed by atoms with Gasteiger partial charge < -0.3 is 5.11 Å². The lowest BCUT2D eigenvalue weighted by Crippen LogP contribution is -2.26. The molecule has 112 valence electrons. The number of aromatic carboxylic acids is 1. The van der Waals surface area contributed by atoms with Crippen LogP contribution in [0.5, 0.6) is 0 Å². The maximum Gasteiger partial charge on any atom is 0.337 e. The van der Waals surface area contributed by atoms with Crippen LogP contribution in [0.1, 0.15) is 23.7 Å². The van der Waals surface area contributed by atoms with Crippen molar-refractivity contribution in [3.05, 3.63) is 28.8 Å². The van der Waals surface area contributed by atoms with Gasteiger partial charge in [-0.15, -0.1) is 0 Å². The number of thioether (sulfide) groups is 1. The van der Waals surface area contributed by atoms with E-state index in [0.29, 0.717) is 18.2 Å². The zero-order valence-electron chi connectivity index (χ0n) is 11.1. The molecular weight excluding hydrogens is 322 g/mol. The van der Waals surface area contributed by atoms with Crippen molar-refractivity contribution in [3.63, 3.8) is 0 Å². The van der Waals surface area contributed by atoms with Crippen LogP contribution in [0.15, 0.2) is 23.1 Å². The molecule has 0 fully saturated rings. The second kappa shape index (κ2) is 7.31. The molecule has 0 radical (unpaired) electrons. The van der Waals surface area contributed by atoms with Crippen molar-refractivity contribution in [1.29, 1.82) is 0 Å². The van der Waals surface area contributed by atoms with Crippen LogP contribution >= 0.6 is 23.4 Å². The minimum atomic E-state index is -3.72. The summed E-state index contributed by atoms with van der Waals surface area (Å²) in [5.41, 5.74) is -0.230. The second-order valence-corrected chi connectivity index (χ2v) is 7.63. The molecule has 1 aromatic carbocycles. The molecule has 0 aliphatic carbocycles. The van der Waals surface area contributed by atoms with Gasteiger partial charge in [0.15, 0.2) is 0 Å². The van der Waals surface area contributed by atoms with Gasteiger partial charge in [-0.1, -0.05) is 18.5 Å². The van der Waals surface area contributed by atoms with Gasteiger partial charge in [-0.2, -0.15) is 11.8 Å². The molecule has 1 aromatic rings. The molecular formula is C12H16ClNO4S2. The number of benzene rings is 1.